The highest BCUT2D eigenvalue weighted by molar-refractivity contribution is 6.31. The zero-order valence-electron chi connectivity index (χ0n) is 27.5. The van der Waals surface area contributed by atoms with Gasteiger partial charge in [0.15, 0.2) is 0 Å². The van der Waals surface area contributed by atoms with Gasteiger partial charge in [-0.3, -0.25) is 15.0 Å². The Morgan fingerprint density at radius 3 is 1.40 bits per heavy atom. The van der Waals surface area contributed by atoms with Gasteiger partial charge in [0.25, 0.3) is 0 Å². The van der Waals surface area contributed by atoms with E-state index in [4.69, 9.17) is 11.6 Å². The largest absolute Gasteiger partial charge is 0.261 e. The Kier molecular flexibility index (Phi) is 16.0. The molecule has 7 heteroatoms. The van der Waals surface area contributed by atoms with Crippen LogP contribution in [0.15, 0.2) is 55.2 Å². The van der Waals surface area contributed by atoms with Gasteiger partial charge in [0.05, 0.1) is 16.4 Å². The van der Waals surface area contributed by atoms with Gasteiger partial charge in [0, 0.05) is 42.6 Å². The van der Waals surface area contributed by atoms with Crippen molar-refractivity contribution < 1.29 is 4.39 Å². The van der Waals surface area contributed by atoms with Gasteiger partial charge in [-0.1, -0.05) is 73.1 Å². The molecule has 0 aromatic carbocycles. The van der Waals surface area contributed by atoms with Crippen molar-refractivity contribution in [3.63, 3.8) is 0 Å². The van der Waals surface area contributed by atoms with Gasteiger partial charge < -0.3 is 0 Å². The van der Waals surface area contributed by atoms with Crippen LogP contribution in [-0.2, 0) is 0 Å². The Labute approximate surface area is 258 Å². The van der Waals surface area contributed by atoms with Crippen LogP contribution in [0.3, 0.4) is 0 Å². The Hall–Kier alpha value is -3.25. The molecule has 4 aromatic rings. The van der Waals surface area contributed by atoms with Gasteiger partial charge in [-0.2, -0.15) is 0 Å². The molecule has 0 unspecified atom stereocenters. The summed E-state index contributed by atoms with van der Waals surface area (Å²) in [6.45, 7) is 24.4. The number of aromatic nitrogens is 5. The van der Waals surface area contributed by atoms with E-state index in [1.54, 1.807) is 6.20 Å². The van der Waals surface area contributed by atoms with E-state index in [9.17, 15) is 4.39 Å². The topological polar surface area (TPSA) is 64.5 Å². The van der Waals surface area contributed by atoms with Crippen molar-refractivity contribution >= 4 is 11.6 Å². The lowest BCUT2D eigenvalue weighted by molar-refractivity contribution is 0.583. The Balaban J connectivity index is 0.000000280. The minimum absolute atomic E-state index is 0.163. The van der Waals surface area contributed by atoms with Crippen molar-refractivity contribution in [2.24, 2.45) is 0 Å². The van der Waals surface area contributed by atoms with Gasteiger partial charge in [-0.25, -0.2) is 14.4 Å². The summed E-state index contributed by atoms with van der Waals surface area (Å²) in [5, 5.41) is 0.778. The number of aryl methyl sites for hydroxylation is 4. The maximum atomic E-state index is 13.0. The van der Waals surface area contributed by atoms with Crippen LogP contribution in [0, 0.1) is 33.5 Å². The molecule has 4 heterocycles. The molecule has 0 N–H and O–H groups in total. The van der Waals surface area contributed by atoms with Crippen LogP contribution in [0.25, 0.3) is 0 Å². The predicted molar refractivity (Wildman–Crippen MR) is 175 cm³/mol. The van der Waals surface area contributed by atoms with Crippen LogP contribution in [0.2, 0.25) is 5.02 Å². The fourth-order valence-electron chi connectivity index (χ4n) is 3.46. The Morgan fingerprint density at radius 1 is 0.524 bits per heavy atom. The molecule has 0 saturated carbocycles. The molecule has 0 spiro atoms. The molecule has 5 nitrogen and oxygen atoms in total. The second kappa shape index (κ2) is 18.3. The van der Waals surface area contributed by atoms with E-state index in [0.29, 0.717) is 23.4 Å². The molecule has 0 saturated heterocycles. The minimum atomic E-state index is -0.194. The number of nitrogens with zero attached hydrogens (tertiary/aromatic N) is 5. The summed E-state index contributed by atoms with van der Waals surface area (Å²) in [5.74, 6) is 2.27. The maximum Gasteiger partial charge on any atom is 0.145 e. The second-order valence-electron chi connectivity index (χ2n) is 11.8. The van der Waals surface area contributed by atoms with Crippen LogP contribution in [0.1, 0.15) is 124 Å². The molecular formula is C35H49ClFN5. The summed E-state index contributed by atoms with van der Waals surface area (Å²) >= 11 is 5.96. The first-order valence-electron chi connectivity index (χ1n) is 14.6. The van der Waals surface area contributed by atoms with E-state index in [1.165, 1.54) is 17.3 Å². The van der Waals surface area contributed by atoms with Crippen molar-refractivity contribution in [1.29, 1.82) is 0 Å². The fraction of sp³-hybridized carbons (Fsp3) is 0.457. The maximum absolute atomic E-state index is 13.0. The summed E-state index contributed by atoms with van der Waals surface area (Å²) in [7, 11) is 0. The molecule has 42 heavy (non-hydrogen) atoms. The molecule has 0 radical (unpaired) electrons. The van der Waals surface area contributed by atoms with E-state index >= 15 is 0 Å². The normalized spacial score (nSPS) is 10.5. The van der Waals surface area contributed by atoms with Gasteiger partial charge in [0.2, 0.25) is 0 Å². The summed E-state index contributed by atoms with van der Waals surface area (Å²) in [4.78, 5) is 20.9. The quantitative estimate of drug-likeness (QED) is 0.235. The lowest BCUT2D eigenvalue weighted by Gasteiger charge is -2.06. The highest BCUT2D eigenvalue weighted by Gasteiger charge is 2.07. The predicted octanol–water partition coefficient (Wildman–Crippen LogP) is 10.2. The summed E-state index contributed by atoms with van der Waals surface area (Å²) in [6.07, 6.45) is 9.15. The standard InChI is InChI=1S/C9H12ClN.C9H12FN.C9H13N.C8H12N2/c2*1-6(2)9-8(10)4-7(3)5-11-9;1-7(2)9-5-4-8(3)6-10-9;1-6(2)8-9-4-7(3)5-10-8/h2*4-6H,1-3H3;4-7H,1-3H3;4-6H,1-3H3. The molecule has 0 fully saturated rings. The third kappa shape index (κ3) is 13.6. The molecule has 0 aliphatic carbocycles. The zero-order chi connectivity index (χ0) is 32.0. The van der Waals surface area contributed by atoms with Crippen LogP contribution < -0.4 is 0 Å². The average Bonchev–Trinajstić information content (AvgIpc) is 2.90. The first-order chi connectivity index (χ1) is 19.6. The van der Waals surface area contributed by atoms with Gasteiger partial charge in [-0.05, 0) is 85.9 Å². The van der Waals surface area contributed by atoms with E-state index in [0.717, 1.165) is 33.2 Å². The molecule has 4 aromatic heterocycles. The van der Waals surface area contributed by atoms with Gasteiger partial charge >= 0.3 is 0 Å². The van der Waals surface area contributed by atoms with Crippen LogP contribution in [0.4, 0.5) is 4.39 Å². The van der Waals surface area contributed by atoms with Crippen LogP contribution in [-0.4, -0.2) is 24.9 Å². The van der Waals surface area contributed by atoms with Crippen molar-refractivity contribution in [3.05, 3.63) is 111 Å². The van der Waals surface area contributed by atoms with Crippen molar-refractivity contribution in [3.8, 4) is 0 Å². The number of hydrogen-bond donors (Lipinski definition) is 0. The Morgan fingerprint density at radius 2 is 1.00 bits per heavy atom. The number of halogens is 2. The summed E-state index contributed by atoms with van der Waals surface area (Å²) in [5.41, 5.74) is 7.03. The minimum Gasteiger partial charge on any atom is -0.261 e. The molecule has 0 aliphatic rings. The smallest absolute Gasteiger partial charge is 0.145 e. The molecule has 228 valence electrons. The Bertz CT molecular complexity index is 1230. The molecule has 0 aliphatic heterocycles. The first-order valence-corrected chi connectivity index (χ1v) is 14.9. The fourth-order valence-corrected chi connectivity index (χ4v) is 3.90. The third-order valence-electron chi connectivity index (χ3n) is 5.95. The van der Waals surface area contributed by atoms with E-state index in [-0.39, 0.29) is 11.7 Å². The molecule has 0 amide bonds. The lowest BCUT2D eigenvalue weighted by atomic mass is 10.1. The van der Waals surface area contributed by atoms with E-state index in [1.807, 2.05) is 65.5 Å². The van der Waals surface area contributed by atoms with Crippen molar-refractivity contribution in [2.45, 2.75) is 107 Å². The highest BCUT2D eigenvalue weighted by Crippen LogP contribution is 2.22. The van der Waals surface area contributed by atoms with Crippen molar-refractivity contribution in [1.82, 2.24) is 24.9 Å². The number of rotatable bonds is 4. The molecular weight excluding hydrogens is 545 g/mol. The monoisotopic (exact) mass is 593 g/mol. The zero-order valence-corrected chi connectivity index (χ0v) is 28.3. The van der Waals surface area contributed by atoms with Crippen molar-refractivity contribution in [2.75, 3.05) is 0 Å². The highest BCUT2D eigenvalue weighted by atomic mass is 35.5. The SMILES string of the molecule is Cc1ccc(C(C)C)nc1.Cc1cnc(C(C)C)c(Cl)c1.Cc1cnc(C(C)C)c(F)c1.Cc1cnc(C(C)C)nc1. The van der Waals surface area contributed by atoms with Gasteiger partial charge in [0.1, 0.15) is 11.6 Å². The molecule has 0 bridgehead atoms. The molecule has 4 rings (SSSR count). The van der Waals surface area contributed by atoms with Gasteiger partial charge in [-0.15, -0.1) is 0 Å². The van der Waals surface area contributed by atoms with E-state index < -0.39 is 0 Å². The third-order valence-corrected chi connectivity index (χ3v) is 6.25. The average molecular weight is 594 g/mol. The summed E-state index contributed by atoms with van der Waals surface area (Å²) in [6, 6.07) is 7.65. The second-order valence-corrected chi connectivity index (χ2v) is 12.2. The summed E-state index contributed by atoms with van der Waals surface area (Å²) < 4.78 is 13.0. The van der Waals surface area contributed by atoms with Crippen LogP contribution in [0.5, 0.6) is 0 Å². The first kappa shape index (κ1) is 36.8. The molecule has 0 atom stereocenters. The lowest BCUT2D eigenvalue weighted by Crippen LogP contribution is -1.97. The van der Waals surface area contributed by atoms with E-state index in [2.05, 4.69) is 85.5 Å². The number of pyridine rings is 3. The number of hydrogen-bond acceptors (Lipinski definition) is 5. The van der Waals surface area contributed by atoms with Crippen LogP contribution >= 0.6 is 11.6 Å².